The Bertz CT molecular complexity index is 1910. The van der Waals surface area contributed by atoms with Crippen LogP contribution >= 0.6 is 0 Å². The molecule has 1 saturated heterocycles. The van der Waals surface area contributed by atoms with Crippen molar-refractivity contribution < 1.29 is 110 Å². The van der Waals surface area contributed by atoms with E-state index in [9.17, 15) is 105 Å². The molecule has 0 radical (unpaired) electrons. The molecule has 4 aromatic rings. The molecular formula is C40H30BF24N. The standard InChI is InChI=1S/C32H12BF24.C8H18N/c34-25(35,36)13-1-14(26(37,38)39)6-21(5-13)33(22-7-15(27(40,41)42)2-16(8-22)28(43,44)45,23-9-17(29(46,47)48)3-18(10-23)30(49,50)51)24-11-19(31(52,53)54)4-20(12-24)32(55,56)57;1-3-9(2)7-5-4-6-8-9/h1-12H;3-8H2,1-2H3/q-1;+1. The van der Waals surface area contributed by atoms with Crippen LogP contribution in [0.3, 0.4) is 0 Å². The molecule has 0 aliphatic carbocycles. The lowest BCUT2D eigenvalue weighted by Crippen LogP contribution is -2.75. The molecule has 26 heteroatoms. The summed E-state index contributed by atoms with van der Waals surface area (Å²) in [6.45, 7) is 6.44. The van der Waals surface area contributed by atoms with Crippen molar-refractivity contribution in [1.82, 2.24) is 0 Å². The van der Waals surface area contributed by atoms with E-state index in [4.69, 9.17) is 0 Å². The highest BCUT2D eigenvalue weighted by atomic mass is 19.4. The molecule has 0 aromatic heterocycles. The largest absolute Gasteiger partial charge is 0.416 e. The van der Waals surface area contributed by atoms with Gasteiger partial charge in [0.25, 0.3) is 0 Å². The highest BCUT2D eigenvalue weighted by Gasteiger charge is 2.47. The molecule has 0 amide bonds. The van der Waals surface area contributed by atoms with Gasteiger partial charge in [0.05, 0.1) is 71.2 Å². The number of nitrogens with zero attached hydrogens (tertiary/aromatic N) is 1. The number of rotatable bonds is 5. The van der Waals surface area contributed by atoms with Crippen LogP contribution in [-0.2, 0) is 49.4 Å². The molecule has 1 nitrogen and oxygen atoms in total. The lowest BCUT2D eigenvalue weighted by Gasteiger charge is -2.46. The van der Waals surface area contributed by atoms with Crippen LogP contribution in [0.5, 0.6) is 0 Å². The van der Waals surface area contributed by atoms with E-state index in [1.807, 2.05) is 0 Å². The molecule has 0 atom stereocenters. The van der Waals surface area contributed by atoms with Gasteiger partial charge in [-0.15, -0.1) is 0 Å². The van der Waals surface area contributed by atoms with Crippen LogP contribution < -0.4 is 21.9 Å². The van der Waals surface area contributed by atoms with Gasteiger partial charge in [-0.2, -0.15) is 127 Å². The van der Waals surface area contributed by atoms with Crippen LogP contribution in [0, 0.1) is 0 Å². The van der Waals surface area contributed by atoms with Gasteiger partial charge in [-0.1, -0.05) is 48.5 Å². The summed E-state index contributed by atoms with van der Waals surface area (Å²) >= 11 is 0. The topological polar surface area (TPSA) is 0 Å². The van der Waals surface area contributed by atoms with Crippen molar-refractivity contribution in [1.29, 1.82) is 0 Å². The monoisotopic (exact) mass is 991 g/mol. The van der Waals surface area contributed by atoms with Gasteiger partial charge in [-0.25, -0.2) is 0 Å². The van der Waals surface area contributed by atoms with E-state index >= 15 is 0 Å². The Balaban J connectivity index is 0.000000942. The lowest BCUT2D eigenvalue weighted by molar-refractivity contribution is -0.912. The quantitative estimate of drug-likeness (QED) is 0.106. The van der Waals surface area contributed by atoms with Crippen molar-refractivity contribution in [3.05, 3.63) is 117 Å². The van der Waals surface area contributed by atoms with Crippen LogP contribution in [0.25, 0.3) is 0 Å². The smallest absolute Gasteiger partial charge is 0.326 e. The maximum absolute atomic E-state index is 14.2. The predicted molar refractivity (Wildman–Crippen MR) is 190 cm³/mol. The highest BCUT2D eigenvalue weighted by molar-refractivity contribution is 7.20. The van der Waals surface area contributed by atoms with Crippen molar-refractivity contribution in [3.8, 4) is 0 Å². The van der Waals surface area contributed by atoms with Crippen molar-refractivity contribution in [2.75, 3.05) is 26.7 Å². The van der Waals surface area contributed by atoms with Crippen molar-refractivity contribution in [2.24, 2.45) is 0 Å². The lowest BCUT2D eigenvalue weighted by atomic mass is 9.12. The van der Waals surface area contributed by atoms with Gasteiger partial charge in [0.2, 0.25) is 0 Å². The summed E-state index contributed by atoms with van der Waals surface area (Å²) < 4.78 is 342. The van der Waals surface area contributed by atoms with Crippen LogP contribution in [0.4, 0.5) is 105 Å². The average molecular weight is 991 g/mol. The van der Waals surface area contributed by atoms with Crippen molar-refractivity contribution >= 4 is 28.0 Å². The Labute approximate surface area is 357 Å². The Morgan fingerprint density at radius 1 is 0.318 bits per heavy atom. The summed E-state index contributed by atoms with van der Waals surface area (Å²) in [5.74, 6) is 0. The zero-order valence-electron chi connectivity index (χ0n) is 33.3. The number of quaternary nitrogens is 1. The first-order chi connectivity index (χ1) is 29.5. The van der Waals surface area contributed by atoms with E-state index in [0.29, 0.717) is 0 Å². The third kappa shape index (κ3) is 12.2. The highest BCUT2D eigenvalue weighted by Crippen LogP contribution is 2.41. The maximum atomic E-state index is 14.2. The molecule has 0 spiro atoms. The number of hydrogen-bond acceptors (Lipinski definition) is 0. The Morgan fingerprint density at radius 3 is 0.606 bits per heavy atom. The summed E-state index contributed by atoms with van der Waals surface area (Å²) in [7, 11) is 2.37. The van der Waals surface area contributed by atoms with E-state index in [1.165, 1.54) is 43.4 Å². The molecule has 1 aliphatic heterocycles. The molecule has 0 saturated carbocycles. The van der Waals surface area contributed by atoms with Gasteiger partial charge in [0.15, 0.2) is 0 Å². The van der Waals surface area contributed by atoms with E-state index in [-0.39, 0.29) is 0 Å². The number of halogens is 24. The van der Waals surface area contributed by atoms with Crippen LogP contribution in [0.15, 0.2) is 72.8 Å². The van der Waals surface area contributed by atoms with Crippen LogP contribution in [0.1, 0.15) is 70.7 Å². The second-order valence-electron chi connectivity index (χ2n) is 15.7. The van der Waals surface area contributed by atoms with Gasteiger partial charge in [-0.3, -0.25) is 0 Å². The molecule has 366 valence electrons. The zero-order chi connectivity index (χ0) is 50.7. The predicted octanol–water partition coefficient (Wildman–Crippen LogP) is 12.9. The SMILES string of the molecule is CC[N+]1(C)CCCCC1.FC(F)(F)c1cc([B-](c2cc(C(F)(F)F)cc(C(F)(F)F)c2)(c2cc(C(F)(F)F)cc(C(F)(F)F)c2)c2cc(C(F)(F)F)cc(C(F)(F)F)c2)cc(C(F)(F)F)c1. The third-order valence-corrected chi connectivity index (χ3v) is 11.1. The number of piperidine rings is 1. The van der Waals surface area contributed by atoms with Gasteiger partial charge in [0.1, 0.15) is 6.15 Å². The number of likely N-dealkylation sites (tertiary alicyclic amines) is 1. The Hall–Kier alpha value is -4.78. The number of hydrogen-bond donors (Lipinski definition) is 0. The minimum Gasteiger partial charge on any atom is -0.326 e. The zero-order valence-corrected chi connectivity index (χ0v) is 33.3. The number of benzene rings is 4. The molecular weight excluding hydrogens is 961 g/mol. The fraction of sp³-hybridized carbons (Fsp3) is 0.400. The first-order valence-corrected chi connectivity index (χ1v) is 18.7. The van der Waals surface area contributed by atoms with Crippen molar-refractivity contribution in [3.63, 3.8) is 0 Å². The summed E-state index contributed by atoms with van der Waals surface area (Å²) in [5, 5.41) is 0. The summed E-state index contributed by atoms with van der Waals surface area (Å²) in [4.78, 5) is 0. The second kappa shape index (κ2) is 17.7. The van der Waals surface area contributed by atoms with Gasteiger partial charge < -0.3 is 4.48 Å². The first kappa shape index (κ1) is 53.8. The van der Waals surface area contributed by atoms with Crippen LogP contribution in [0.2, 0.25) is 0 Å². The average Bonchev–Trinajstić information content (AvgIpc) is 3.16. The fourth-order valence-electron chi connectivity index (χ4n) is 7.66. The number of alkyl halides is 24. The van der Waals surface area contributed by atoms with E-state index in [1.54, 1.807) is 0 Å². The maximum Gasteiger partial charge on any atom is 0.416 e. The first-order valence-electron chi connectivity index (χ1n) is 18.7. The molecule has 0 unspecified atom stereocenters. The van der Waals surface area contributed by atoms with Gasteiger partial charge in [0, 0.05) is 0 Å². The molecule has 0 bridgehead atoms. The molecule has 5 rings (SSSR count). The minimum absolute atomic E-state index is 0.691. The third-order valence-electron chi connectivity index (χ3n) is 11.1. The Kier molecular flexibility index (Phi) is 14.4. The second-order valence-corrected chi connectivity index (χ2v) is 15.7. The molecule has 1 fully saturated rings. The molecule has 4 aromatic carbocycles. The summed E-state index contributed by atoms with van der Waals surface area (Å²) in [5.41, 5.74) is -30.2. The molecule has 66 heavy (non-hydrogen) atoms. The van der Waals surface area contributed by atoms with Gasteiger partial charge in [-0.05, 0) is 50.5 Å². The summed E-state index contributed by atoms with van der Waals surface area (Å²) in [6.07, 6.45) is -50.4. The van der Waals surface area contributed by atoms with E-state index in [2.05, 4.69) is 14.0 Å². The van der Waals surface area contributed by atoms with Crippen molar-refractivity contribution in [2.45, 2.75) is 75.6 Å². The van der Waals surface area contributed by atoms with Gasteiger partial charge >= 0.3 is 49.4 Å². The summed E-state index contributed by atoms with van der Waals surface area (Å²) in [6, 6.07) is -8.81. The normalized spacial score (nSPS) is 15.9. The molecule has 1 heterocycles. The van der Waals surface area contributed by atoms with E-state index in [0.717, 1.165) is 0 Å². The van der Waals surface area contributed by atoms with Crippen LogP contribution in [-0.4, -0.2) is 37.3 Å². The minimum atomic E-state index is -6.13. The Morgan fingerprint density at radius 2 is 0.485 bits per heavy atom. The molecule has 1 aliphatic rings. The molecule has 0 N–H and O–H groups in total. The van der Waals surface area contributed by atoms with E-state index < -0.39 is 195 Å². The fourth-order valence-corrected chi connectivity index (χ4v) is 7.66.